The van der Waals surface area contributed by atoms with Gasteiger partial charge in [-0.25, -0.2) is 0 Å². The van der Waals surface area contributed by atoms with Crippen molar-refractivity contribution in [1.82, 2.24) is 0 Å². The van der Waals surface area contributed by atoms with Crippen LogP contribution in [-0.2, 0) is 4.74 Å². The first-order chi connectivity index (χ1) is 5.31. The fourth-order valence-electron chi connectivity index (χ4n) is 0.592. The summed E-state index contributed by atoms with van der Waals surface area (Å²) >= 11 is 4.06. The van der Waals surface area contributed by atoms with Gasteiger partial charge in [-0.1, -0.05) is 12.7 Å². The zero-order valence-electron chi connectivity index (χ0n) is 6.88. The minimum atomic E-state index is 0.640. The molecule has 0 N–H and O–H groups in total. The van der Waals surface area contributed by atoms with Gasteiger partial charge in [-0.3, -0.25) is 0 Å². The third kappa shape index (κ3) is 7.69. The average Bonchev–Trinajstić information content (AvgIpc) is 2.04. The lowest BCUT2D eigenvalue weighted by molar-refractivity contribution is 0.154. The Morgan fingerprint density at radius 2 is 2.27 bits per heavy atom. The van der Waals surface area contributed by atoms with Gasteiger partial charge in [-0.2, -0.15) is 12.6 Å². The average molecular weight is 172 g/mol. The molecule has 0 aromatic rings. The van der Waals surface area contributed by atoms with Crippen LogP contribution in [0.5, 0.6) is 0 Å². The predicted molar refractivity (Wildman–Crippen MR) is 53.2 cm³/mol. The molecule has 0 rings (SSSR count). The van der Waals surface area contributed by atoms with Gasteiger partial charge >= 0.3 is 0 Å². The van der Waals surface area contributed by atoms with Gasteiger partial charge in [0.2, 0.25) is 0 Å². The van der Waals surface area contributed by atoms with Crippen LogP contribution in [0, 0.1) is 0 Å². The molecule has 0 aliphatic heterocycles. The van der Waals surface area contributed by atoms with Gasteiger partial charge in [-0.05, 0) is 18.4 Å². The lowest BCUT2D eigenvalue weighted by atomic mass is 10.3. The Balaban J connectivity index is 3.01. The summed E-state index contributed by atoms with van der Waals surface area (Å²) in [6.45, 7) is 8.82. The molecule has 0 aliphatic carbocycles. The van der Waals surface area contributed by atoms with E-state index in [1.165, 1.54) is 0 Å². The minimum Gasteiger partial charge on any atom is -0.377 e. The summed E-state index contributed by atoms with van der Waals surface area (Å²) in [6.07, 6.45) is 3.97. The highest BCUT2D eigenvalue weighted by atomic mass is 32.1. The largest absolute Gasteiger partial charge is 0.377 e. The molecule has 1 nitrogen and oxygen atoms in total. The SMILES string of the molecule is C=CCCCOCC(=C)CS. The first-order valence-corrected chi connectivity index (χ1v) is 4.40. The molecule has 2 heteroatoms. The molecule has 0 heterocycles. The fourth-order valence-corrected chi connectivity index (χ4v) is 0.683. The van der Waals surface area contributed by atoms with E-state index in [1.807, 2.05) is 6.08 Å². The van der Waals surface area contributed by atoms with Crippen LogP contribution in [0.3, 0.4) is 0 Å². The van der Waals surface area contributed by atoms with E-state index >= 15 is 0 Å². The third-order valence-corrected chi connectivity index (χ3v) is 1.67. The van der Waals surface area contributed by atoms with Gasteiger partial charge in [-0.15, -0.1) is 6.58 Å². The summed E-state index contributed by atoms with van der Waals surface area (Å²) in [7, 11) is 0. The van der Waals surface area contributed by atoms with E-state index in [4.69, 9.17) is 4.74 Å². The first-order valence-electron chi connectivity index (χ1n) is 3.77. The monoisotopic (exact) mass is 172 g/mol. The van der Waals surface area contributed by atoms with Gasteiger partial charge in [0.15, 0.2) is 0 Å². The molecule has 0 aromatic heterocycles. The molecule has 11 heavy (non-hydrogen) atoms. The Morgan fingerprint density at radius 1 is 1.55 bits per heavy atom. The number of allylic oxidation sites excluding steroid dienone is 1. The fraction of sp³-hybridized carbons (Fsp3) is 0.556. The van der Waals surface area contributed by atoms with Crippen molar-refractivity contribution < 1.29 is 4.74 Å². The van der Waals surface area contributed by atoms with Crippen molar-refractivity contribution >= 4 is 12.6 Å². The number of thiol groups is 1. The predicted octanol–water partition coefficient (Wildman–Crippen LogP) is 2.46. The molecule has 0 amide bonds. The molecule has 0 aromatic carbocycles. The van der Waals surface area contributed by atoms with E-state index in [0.717, 1.165) is 25.0 Å². The number of hydrogen-bond donors (Lipinski definition) is 1. The van der Waals surface area contributed by atoms with E-state index in [9.17, 15) is 0 Å². The van der Waals surface area contributed by atoms with E-state index < -0.39 is 0 Å². The minimum absolute atomic E-state index is 0.640. The molecule has 0 unspecified atom stereocenters. The Kier molecular flexibility index (Phi) is 7.74. The van der Waals surface area contributed by atoms with E-state index in [2.05, 4.69) is 25.8 Å². The normalized spacial score (nSPS) is 9.55. The summed E-state index contributed by atoms with van der Waals surface area (Å²) in [5, 5.41) is 0. The molecular formula is C9H16OS. The second kappa shape index (κ2) is 7.89. The van der Waals surface area contributed by atoms with Gasteiger partial charge in [0.05, 0.1) is 6.61 Å². The Hall–Kier alpha value is -0.210. The van der Waals surface area contributed by atoms with Crippen LogP contribution in [0.1, 0.15) is 12.8 Å². The van der Waals surface area contributed by atoms with Crippen molar-refractivity contribution in [3.8, 4) is 0 Å². The molecular weight excluding hydrogens is 156 g/mol. The first kappa shape index (κ1) is 10.8. The highest BCUT2D eigenvalue weighted by Gasteiger charge is 1.90. The van der Waals surface area contributed by atoms with Gasteiger partial charge in [0, 0.05) is 12.4 Å². The molecule has 64 valence electrons. The van der Waals surface area contributed by atoms with Crippen molar-refractivity contribution in [3.05, 3.63) is 24.8 Å². The Bertz CT molecular complexity index is 121. The smallest absolute Gasteiger partial charge is 0.0682 e. The molecule has 0 saturated heterocycles. The van der Waals surface area contributed by atoms with Crippen molar-refractivity contribution in [2.24, 2.45) is 0 Å². The Morgan fingerprint density at radius 3 is 2.82 bits per heavy atom. The molecule has 0 saturated carbocycles. The maximum absolute atomic E-state index is 5.29. The van der Waals surface area contributed by atoms with Crippen LogP contribution in [0.2, 0.25) is 0 Å². The van der Waals surface area contributed by atoms with Crippen LogP contribution in [0.15, 0.2) is 24.8 Å². The molecule has 0 spiro atoms. The van der Waals surface area contributed by atoms with Crippen LogP contribution in [0.4, 0.5) is 0 Å². The van der Waals surface area contributed by atoms with Crippen LogP contribution in [0.25, 0.3) is 0 Å². The zero-order chi connectivity index (χ0) is 8.53. The quantitative estimate of drug-likeness (QED) is 0.352. The van der Waals surface area contributed by atoms with Gasteiger partial charge in [0.1, 0.15) is 0 Å². The van der Waals surface area contributed by atoms with Crippen molar-refractivity contribution in [2.75, 3.05) is 19.0 Å². The summed E-state index contributed by atoms with van der Waals surface area (Å²) in [5.41, 5.74) is 1.03. The van der Waals surface area contributed by atoms with Crippen LogP contribution < -0.4 is 0 Å². The lowest BCUT2D eigenvalue weighted by Crippen LogP contribution is -1.99. The summed E-state index contributed by atoms with van der Waals surface area (Å²) in [4.78, 5) is 0. The topological polar surface area (TPSA) is 9.23 Å². The lowest BCUT2D eigenvalue weighted by Gasteiger charge is -2.02. The molecule has 0 fully saturated rings. The maximum Gasteiger partial charge on any atom is 0.0682 e. The summed E-state index contributed by atoms with van der Waals surface area (Å²) < 4.78 is 5.29. The summed E-state index contributed by atoms with van der Waals surface area (Å²) in [5.74, 6) is 0.710. The Labute approximate surface area is 74.5 Å². The van der Waals surface area contributed by atoms with Crippen molar-refractivity contribution in [3.63, 3.8) is 0 Å². The van der Waals surface area contributed by atoms with E-state index in [0.29, 0.717) is 12.4 Å². The highest BCUT2D eigenvalue weighted by molar-refractivity contribution is 7.80. The standard InChI is InChI=1S/C9H16OS/c1-3-4-5-6-10-7-9(2)8-11/h3,11H,1-2,4-8H2. The van der Waals surface area contributed by atoms with Crippen molar-refractivity contribution in [1.29, 1.82) is 0 Å². The van der Waals surface area contributed by atoms with E-state index in [1.54, 1.807) is 0 Å². The van der Waals surface area contributed by atoms with Crippen molar-refractivity contribution in [2.45, 2.75) is 12.8 Å². The molecule has 0 radical (unpaired) electrons. The second-order valence-electron chi connectivity index (χ2n) is 2.39. The highest BCUT2D eigenvalue weighted by Crippen LogP contribution is 1.96. The van der Waals surface area contributed by atoms with Gasteiger partial charge in [0.25, 0.3) is 0 Å². The molecule has 0 aliphatic rings. The number of rotatable bonds is 7. The summed E-state index contributed by atoms with van der Waals surface area (Å²) in [6, 6.07) is 0. The third-order valence-electron chi connectivity index (χ3n) is 1.23. The second-order valence-corrected chi connectivity index (χ2v) is 2.71. The van der Waals surface area contributed by atoms with Gasteiger partial charge < -0.3 is 4.74 Å². The number of ether oxygens (including phenoxy) is 1. The number of unbranched alkanes of at least 4 members (excludes halogenated alkanes) is 1. The maximum atomic E-state index is 5.29. The molecule has 0 bridgehead atoms. The molecule has 0 atom stereocenters. The van der Waals surface area contributed by atoms with E-state index in [-0.39, 0.29) is 0 Å². The zero-order valence-corrected chi connectivity index (χ0v) is 7.78. The van der Waals surface area contributed by atoms with Crippen LogP contribution in [-0.4, -0.2) is 19.0 Å². The van der Waals surface area contributed by atoms with Crippen LogP contribution >= 0.6 is 12.6 Å². The number of hydrogen-bond acceptors (Lipinski definition) is 2.